The van der Waals surface area contributed by atoms with Crippen LogP contribution in [0.25, 0.3) is 5.76 Å². The summed E-state index contributed by atoms with van der Waals surface area (Å²) < 4.78 is 0. The van der Waals surface area contributed by atoms with Crippen molar-refractivity contribution in [1.29, 1.82) is 0 Å². The van der Waals surface area contributed by atoms with E-state index in [1.165, 1.54) is 0 Å². The monoisotopic (exact) mass is 468 g/mol. The number of rotatable bonds is 2. The first-order valence-corrected chi connectivity index (χ1v) is 10.9. The Labute approximate surface area is 196 Å². The van der Waals surface area contributed by atoms with Gasteiger partial charge in [0.05, 0.1) is 16.7 Å². The van der Waals surface area contributed by atoms with Gasteiger partial charge in [0.15, 0.2) is 11.4 Å². The number of aliphatic hydroxyl groups is 3. The van der Waals surface area contributed by atoms with E-state index in [2.05, 4.69) is 11.7 Å². The summed E-state index contributed by atoms with van der Waals surface area (Å²) in [6, 6.07) is 1.82. The molecule has 0 unspecified atom stereocenters. The molecular weight excluding hydrogens is 440 g/mol. The number of amides is 1. The second kappa shape index (κ2) is 7.02. The third-order valence-corrected chi connectivity index (χ3v) is 7.45. The van der Waals surface area contributed by atoms with Gasteiger partial charge in [-0.05, 0) is 36.6 Å². The van der Waals surface area contributed by atoms with E-state index in [0.717, 1.165) is 5.56 Å². The maximum Gasteiger partial charge on any atom is 0.255 e. The summed E-state index contributed by atoms with van der Waals surface area (Å²) in [5.41, 5.74) is 1.44. The molecule has 3 atom stereocenters. The van der Waals surface area contributed by atoms with Gasteiger partial charge in [-0.1, -0.05) is 26.8 Å². The first-order valence-electron chi connectivity index (χ1n) is 10.9. The number of hydrogen-bond acceptors (Lipinski definition) is 8. The van der Waals surface area contributed by atoms with E-state index in [9.17, 15) is 34.8 Å². The van der Waals surface area contributed by atoms with Gasteiger partial charge in [0.1, 0.15) is 22.8 Å². The second-order valence-corrected chi connectivity index (χ2v) is 10.5. The summed E-state index contributed by atoms with van der Waals surface area (Å²) in [6.45, 7) is 11.1. The Morgan fingerprint density at radius 1 is 1.24 bits per heavy atom. The van der Waals surface area contributed by atoms with Crippen LogP contribution in [0.4, 0.5) is 0 Å². The first-order chi connectivity index (χ1) is 15.6. The van der Waals surface area contributed by atoms with Gasteiger partial charge in [-0.25, -0.2) is 0 Å². The minimum atomic E-state index is -2.65. The Bertz CT molecular complexity index is 1270. The van der Waals surface area contributed by atoms with Crippen LogP contribution in [0.2, 0.25) is 0 Å². The molecule has 9 nitrogen and oxygen atoms in total. The van der Waals surface area contributed by atoms with Gasteiger partial charge in [-0.2, -0.15) is 0 Å². The highest BCUT2D eigenvalue weighted by Crippen LogP contribution is 2.56. The number of aliphatic hydroxyl groups excluding tert-OH is 2. The predicted octanol–water partition coefficient (Wildman–Crippen LogP) is 1.85. The number of nitrogens with zero attached hydrogens (tertiary/aromatic N) is 1. The van der Waals surface area contributed by atoms with E-state index >= 15 is 0 Å². The molecule has 0 heterocycles. The number of carbonyl (C=O) groups excluding carboxylic acids is 3. The molecule has 1 amide bonds. The molecule has 6 N–H and O–H groups in total. The van der Waals surface area contributed by atoms with E-state index in [4.69, 9.17) is 5.73 Å². The Morgan fingerprint density at radius 2 is 1.85 bits per heavy atom. The number of phenols is 1. The van der Waals surface area contributed by atoms with Crippen LogP contribution in [-0.4, -0.2) is 55.8 Å². The summed E-state index contributed by atoms with van der Waals surface area (Å²) in [5.74, 6) is -6.20. The lowest BCUT2D eigenvalue weighted by atomic mass is 9.56. The Hall–Kier alpha value is -3.46. The van der Waals surface area contributed by atoms with Crippen LogP contribution >= 0.6 is 0 Å². The number of aliphatic imine (C=N–C) groups is 1. The van der Waals surface area contributed by atoms with Gasteiger partial charge in [0.25, 0.3) is 5.91 Å². The summed E-state index contributed by atoms with van der Waals surface area (Å²) in [7, 11) is 0. The van der Waals surface area contributed by atoms with Crippen molar-refractivity contribution >= 4 is 30.0 Å². The SMILES string of the molecule is C=N[C@@]12Cc3c(C)cc(C(C)(C)C)c(O)c3C(O)=C1C(=O)[C@]1(O)C(O)=C(C(N)=O)C(=O)C[C@@H]1C2. The first kappa shape index (κ1) is 23.7. The predicted molar refractivity (Wildman–Crippen MR) is 124 cm³/mol. The molecule has 3 aliphatic carbocycles. The zero-order chi connectivity index (χ0) is 25.5. The molecule has 1 fully saturated rings. The van der Waals surface area contributed by atoms with Crippen LogP contribution in [0.15, 0.2) is 28.0 Å². The third kappa shape index (κ3) is 2.82. The van der Waals surface area contributed by atoms with Gasteiger partial charge >= 0.3 is 0 Å². The van der Waals surface area contributed by atoms with Crippen molar-refractivity contribution < 1.29 is 34.8 Å². The van der Waals surface area contributed by atoms with Crippen molar-refractivity contribution in [1.82, 2.24) is 0 Å². The van der Waals surface area contributed by atoms with Crippen LogP contribution in [0.1, 0.15) is 55.9 Å². The average Bonchev–Trinajstić information content (AvgIpc) is 2.72. The average molecular weight is 469 g/mol. The number of nitrogens with two attached hydrogens (primary N) is 1. The maximum atomic E-state index is 13.8. The molecule has 1 aromatic carbocycles. The van der Waals surface area contributed by atoms with Crippen molar-refractivity contribution in [2.24, 2.45) is 16.6 Å². The summed E-state index contributed by atoms with van der Waals surface area (Å²) in [4.78, 5) is 42.2. The zero-order valence-corrected chi connectivity index (χ0v) is 19.5. The standard InChI is InChI=1S/C25H28N2O7/c1-10-6-13(23(2,3)4)18(29)15-12(10)9-24(27-5)8-11-7-14(28)16(22(26)33)20(31)25(11,34)21(32)17(24)19(15)30/h6,11,29-31,34H,5,7-9H2,1-4H3,(H2,26,33)/t11-,24+,25-/m1/s1. The fraction of sp³-hybridized carbons (Fsp3) is 0.440. The molecule has 1 aromatic rings. The highest BCUT2D eigenvalue weighted by atomic mass is 16.3. The number of carbonyl (C=O) groups is 3. The molecule has 0 radical (unpaired) electrons. The lowest BCUT2D eigenvalue weighted by Gasteiger charge is -2.50. The van der Waals surface area contributed by atoms with Crippen molar-refractivity contribution in [3.05, 3.63) is 45.2 Å². The number of phenolic OH excluding ortho intramolecular Hbond substituents is 1. The number of primary amides is 1. The van der Waals surface area contributed by atoms with E-state index in [1.54, 1.807) is 0 Å². The smallest absolute Gasteiger partial charge is 0.255 e. The Morgan fingerprint density at radius 3 is 2.38 bits per heavy atom. The number of Topliss-reactive ketones (excluding diaryl/α,β-unsaturated/α-hetero) is 2. The normalized spacial score (nSPS) is 28.9. The van der Waals surface area contributed by atoms with Crippen molar-refractivity contribution in [3.63, 3.8) is 0 Å². The molecule has 4 rings (SSSR count). The topological polar surface area (TPSA) is 171 Å². The van der Waals surface area contributed by atoms with Crippen molar-refractivity contribution in [3.8, 4) is 5.75 Å². The largest absolute Gasteiger partial charge is 0.508 e. The van der Waals surface area contributed by atoms with E-state index in [0.29, 0.717) is 11.1 Å². The van der Waals surface area contributed by atoms with Crippen LogP contribution in [0.5, 0.6) is 5.75 Å². The molecule has 0 aliphatic heterocycles. The number of aromatic hydroxyl groups is 1. The van der Waals surface area contributed by atoms with Crippen LogP contribution in [0, 0.1) is 12.8 Å². The number of fused-ring (bicyclic) bond motifs is 3. The third-order valence-electron chi connectivity index (χ3n) is 7.45. The molecule has 9 heteroatoms. The molecular formula is C25H28N2O7. The lowest BCUT2D eigenvalue weighted by molar-refractivity contribution is -0.148. The van der Waals surface area contributed by atoms with Gasteiger partial charge in [-0.3, -0.25) is 19.4 Å². The van der Waals surface area contributed by atoms with Crippen LogP contribution in [-0.2, 0) is 26.2 Å². The molecule has 3 aliphatic rings. The molecule has 0 aromatic heterocycles. The number of benzene rings is 1. The van der Waals surface area contributed by atoms with Gasteiger partial charge in [0, 0.05) is 24.3 Å². The molecule has 0 bridgehead atoms. The summed E-state index contributed by atoms with van der Waals surface area (Å²) in [5, 5.41) is 44.6. The molecule has 0 spiro atoms. The fourth-order valence-corrected chi connectivity index (χ4v) is 5.67. The van der Waals surface area contributed by atoms with Gasteiger partial charge in [-0.15, -0.1) is 0 Å². The highest BCUT2D eigenvalue weighted by Gasteiger charge is 2.64. The Kier molecular flexibility index (Phi) is 4.89. The van der Waals surface area contributed by atoms with Crippen LogP contribution < -0.4 is 5.73 Å². The van der Waals surface area contributed by atoms with Gasteiger partial charge in [0.2, 0.25) is 5.78 Å². The van der Waals surface area contributed by atoms with E-state index in [-0.39, 0.29) is 29.7 Å². The maximum absolute atomic E-state index is 13.8. The molecule has 180 valence electrons. The molecule has 0 saturated heterocycles. The Balaban J connectivity index is 2.06. The second-order valence-electron chi connectivity index (χ2n) is 10.5. The van der Waals surface area contributed by atoms with Crippen molar-refractivity contribution in [2.75, 3.05) is 0 Å². The minimum absolute atomic E-state index is 0.0556. The highest BCUT2D eigenvalue weighted by molar-refractivity contribution is 6.23. The van der Waals surface area contributed by atoms with E-state index in [1.807, 2.05) is 33.8 Å². The molecule has 1 saturated carbocycles. The number of hydrogen-bond donors (Lipinski definition) is 5. The lowest BCUT2D eigenvalue weighted by Crippen LogP contribution is -2.62. The van der Waals surface area contributed by atoms with Crippen molar-refractivity contribution in [2.45, 2.75) is 63.5 Å². The van der Waals surface area contributed by atoms with Gasteiger partial charge < -0.3 is 26.2 Å². The van der Waals surface area contributed by atoms with E-state index < -0.39 is 63.5 Å². The number of ketones is 2. The fourth-order valence-electron chi connectivity index (χ4n) is 5.67. The summed E-state index contributed by atoms with van der Waals surface area (Å²) in [6.07, 6.45) is -0.453. The van der Waals surface area contributed by atoms with Crippen LogP contribution in [0.3, 0.4) is 0 Å². The quantitative estimate of drug-likeness (QED) is 0.326. The summed E-state index contributed by atoms with van der Waals surface area (Å²) >= 11 is 0. The number of aryl methyl sites for hydroxylation is 1. The zero-order valence-electron chi connectivity index (χ0n) is 19.5. The minimum Gasteiger partial charge on any atom is -0.508 e. The molecule has 34 heavy (non-hydrogen) atoms.